The van der Waals surface area contributed by atoms with Gasteiger partial charge in [0.15, 0.2) is 17.2 Å². The molecule has 2 aliphatic rings. The number of carbonyl (C=O) groups excluding carboxylic acids is 1. The van der Waals surface area contributed by atoms with E-state index in [1.807, 2.05) is 0 Å². The summed E-state index contributed by atoms with van der Waals surface area (Å²) in [7, 11) is 0. The van der Waals surface area contributed by atoms with Crippen LogP contribution in [-0.4, -0.2) is 23.6 Å². The number of nitro benzene ring substituents is 1. The molecule has 2 aromatic carbocycles. The normalized spacial score (nSPS) is 15.9. The number of nitro groups is 1. The lowest BCUT2D eigenvalue weighted by Gasteiger charge is -2.01. The van der Waals surface area contributed by atoms with Crippen molar-refractivity contribution in [2.45, 2.75) is 0 Å². The van der Waals surface area contributed by atoms with Crippen molar-refractivity contribution in [1.29, 1.82) is 0 Å². The molecule has 2 aliphatic heterocycles. The summed E-state index contributed by atoms with van der Waals surface area (Å²) in [5, 5.41) is 11.0. The number of furan rings is 1. The van der Waals surface area contributed by atoms with E-state index in [0.29, 0.717) is 34.1 Å². The molecule has 0 saturated heterocycles. The van der Waals surface area contributed by atoms with Crippen LogP contribution in [0.1, 0.15) is 11.3 Å². The van der Waals surface area contributed by atoms with Crippen molar-refractivity contribution in [2.24, 2.45) is 4.99 Å². The number of carbonyl (C=O) groups is 1. The average molecular weight is 404 g/mol. The highest BCUT2D eigenvalue weighted by atomic mass is 16.7. The van der Waals surface area contributed by atoms with Gasteiger partial charge in [0, 0.05) is 29.3 Å². The van der Waals surface area contributed by atoms with Crippen molar-refractivity contribution >= 4 is 23.6 Å². The Morgan fingerprint density at radius 1 is 1.00 bits per heavy atom. The Labute approximate surface area is 169 Å². The van der Waals surface area contributed by atoms with Crippen LogP contribution in [0.4, 0.5) is 5.69 Å². The third-order valence-electron chi connectivity index (χ3n) is 4.49. The lowest BCUT2D eigenvalue weighted by atomic mass is 10.1. The number of ether oxygens (including phenoxy) is 3. The summed E-state index contributed by atoms with van der Waals surface area (Å²) < 4.78 is 21.6. The van der Waals surface area contributed by atoms with Gasteiger partial charge >= 0.3 is 5.97 Å². The average Bonchev–Trinajstić information content (AvgIpc) is 3.48. The molecule has 0 spiro atoms. The Kier molecular flexibility index (Phi) is 4.06. The van der Waals surface area contributed by atoms with Crippen molar-refractivity contribution in [1.82, 2.24) is 0 Å². The molecule has 0 radical (unpaired) electrons. The van der Waals surface area contributed by atoms with Crippen molar-refractivity contribution in [3.63, 3.8) is 0 Å². The van der Waals surface area contributed by atoms with Crippen LogP contribution in [0.25, 0.3) is 17.4 Å². The predicted octanol–water partition coefficient (Wildman–Crippen LogP) is 3.93. The molecule has 3 aromatic rings. The van der Waals surface area contributed by atoms with E-state index in [4.69, 9.17) is 18.6 Å². The van der Waals surface area contributed by atoms with Gasteiger partial charge in [0.1, 0.15) is 11.5 Å². The largest absolute Gasteiger partial charge is 0.457 e. The number of aliphatic imine (C=N–C) groups is 1. The third kappa shape index (κ3) is 3.18. The topological polar surface area (TPSA) is 113 Å². The maximum Gasteiger partial charge on any atom is 0.363 e. The van der Waals surface area contributed by atoms with Crippen LogP contribution >= 0.6 is 0 Å². The van der Waals surface area contributed by atoms with Crippen LogP contribution < -0.4 is 9.47 Å². The van der Waals surface area contributed by atoms with Crippen molar-refractivity contribution in [2.75, 3.05) is 6.79 Å². The Morgan fingerprint density at radius 2 is 1.87 bits per heavy atom. The molecule has 30 heavy (non-hydrogen) atoms. The molecular formula is C21H12N2O7. The maximum absolute atomic E-state index is 12.2. The van der Waals surface area contributed by atoms with Gasteiger partial charge in [0.25, 0.3) is 5.69 Å². The molecule has 1 aromatic heterocycles. The smallest absolute Gasteiger partial charge is 0.363 e. The van der Waals surface area contributed by atoms with E-state index >= 15 is 0 Å². The first kappa shape index (κ1) is 17.7. The Bertz CT molecular complexity index is 1260. The van der Waals surface area contributed by atoms with Gasteiger partial charge in [-0.15, -0.1) is 0 Å². The lowest BCUT2D eigenvalue weighted by molar-refractivity contribution is -0.384. The standard InChI is InChI=1S/C21H12N2O7/c24-21-16(22-20(30-21)13-4-6-18-19(9-13)28-11-27-18)10-15-5-7-17(29-15)12-2-1-3-14(8-12)23(25)26/h1-10H,11H2/b16-10-. The number of nitrogens with zero attached hydrogens (tertiary/aromatic N) is 2. The fourth-order valence-corrected chi connectivity index (χ4v) is 3.06. The Morgan fingerprint density at radius 3 is 2.73 bits per heavy atom. The summed E-state index contributed by atoms with van der Waals surface area (Å²) in [6, 6.07) is 14.5. The van der Waals surface area contributed by atoms with Crippen molar-refractivity contribution < 1.29 is 28.3 Å². The summed E-state index contributed by atoms with van der Waals surface area (Å²) in [5.74, 6) is 1.49. The third-order valence-corrected chi connectivity index (χ3v) is 4.49. The highest BCUT2D eigenvalue weighted by Gasteiger charge is 2.26. The minimum Gasteiger partial charge on any atom is -0.457 e. The minimum absolute atomic E-state index is 0.0406. The Hall–Kier alpha value is -4.40. The molecular weight excluding hydrogens is 392 g/mol. The number of cyclic esters (lactones) is 1. The first-order chi connectivity index (χ1) is 14.6. The summed E-state index contributed by atoms with van der Waals surface area (Å²) in [4.78, 5) is 26.9. The maximum atomic E-state index is 12.2. The van der Waals surface area contributed by atoms with Crippen LogP contribution in [0.3, 0.4) is 0 Å². The van der Waals surface area contributed by atoms with E-state index < -0.39 is 10.9 Å². The van der Waals surface area contributed by atoms with E-state index in [1.165, 1.54) is 18.2 Å². The zero-order valence-corrected chi connectivity index (χ0v) is 15.2. The van der Waals surface area contributed by atoms with Crippen LogP contribution in [0.15, 0.2) is 69.7 Å². The van der Waals surface area contributed by atoms with Crippen LogP contribution in [0.2, 0.25) is 0 Å². The van der Waals surface area contributed by atoms with Gasteiger partial charge in [-0.2, -0.15) is 0 Å². The second-order valence-corrected chi connectivity index (χ2v) is 6.41. The lowest BCUT2D eigenvalue weighted by Crippen LogP contribution is -2.05. The monoisotopic (exact) mass is 404 g/mol. The second kappa shape index (κ2) is 6.89. The zero-order valence-electron chi connectivity index (χ0n) is 15.2. The summed E-state index contributed by atoms with van der Waals surface area (Å²) >= 11 is 0. The molecule has 0 aliphatic carbocycles. The summed E-state index contributed by atoms with van der Waals surface area (Å²) in [6.45, 7) is 0.140. The second-order valence-electron chi connectivity index (χ2n) is 6.41. The highest BCUT2D eigenvalue weighted by Crippen LogP contribution is 2.34. The predicted molar refractivity (Wildman–Crippen MR) is 104 cm³/mol. The van der Waals surface area contributed by atoms with E-state index in [-0.39, 0.29) is 24.1 Å². The van der Waals surface area contributed by atoms with Crippen molar-refractivity contribution in [3.05, 3.63) is 81.7 Å². The number of hydrogen-bond donors (Lipinski definition) is 0. The summed E-state index contributed by atoms with van der Waals surface area (Å²) in [5.41, 5.74) is 1.16. The minimum atomic E-state index is -0.615. The molecule has 0 bridgehead atoms. The van der Waals surface area contributed by atoms with Gasteiger partial charge in [-0.05, 0) is 30.3 Å². The fourth-order valence-electron chi connectivity index (χ4n) is 3.06. The van der Waals surface area contributed by atoms with Gasteiger partial charge in [-0.1, -0.05) is 12.1 Å². The molecule has 0 atom stereocenters. The van der Waals surface area contributed by atoms with Gasteiger partial charge in [-0.3, -0.25) is 10.1 Å². The SMILES string of the molecule is O=C1OC(c2ccc3c(c2)OCO3)=N/C1=C\c1ccc(-c2cccc([N+](=O)[O-])c2)o1. The quantitative estimate of drug-likeness (QED) is 0.280. The molecule has 0 N–H and O–H groups in total. The molecule has 5 rings (SSSR count). The fraction of sp³-hybridized carbons (Fsp3) is 0.0476. The number of benzene rings is 2. The number of esters is 1. The molecule has 148 valence electrons. The first-order valence-electron chi connectivity index (χ1n) is 8.84. The highest BCUT2D eigenvalue weighted by molar-refractivity contribution is 6.13. The summed E-state index contributed by atoms with van der Waals surface area (Å²) in [6.07, 6.45) is 1.45. The van der Waals surface area contributed by atoms with E-state index in [0.717, 1.165) is 0 Å². The first-order valence-corrected chi connectivity index (χ1v) is 8.84. The zero-order chi connectivity index (χ0) is 20.7. The van der Waals surface area contributed by atoms with Crippen molar-refractivity contribution in [3.8, 4) is 22.8 Å². The number of non-ortho nitro benzene ring substituents is 1. The van der Waals surface area contributed by atoms with E-state index in [9.17, 15) is 14.9 Å². The molecule has 9 heteroatoms. The van der Waals surface area contributed by atoms with Gasteiger partial charge in [0.05, 0.1) is 4.92 Å². The van der Waals surface area contributed by atoms with Gasteiger partial charge in [0.2, 0.25) is 12.7 Å². The number of rotatable bonds is 4. The van der Waals surface area contributed by atoms with Crippen LogP contribution in [0, 0.1) is 10.1 Å². The molecule has 0 saturated carbocycles. The molecule has 9 nitrogen and oxygen atoms in total. The van der Waals surface area contributed by atoms with Gasteiger partial charge in [-0.25, -0.2) is 9.79 Å². The van der Waals surface area contributed by atoms with E-state index in [1.54, 1.807) is 42.5 Å². The van der Waals surface area contributed by atoms with Crippen LogP contribution in [-0.2, 0) is 9.53 Å². The molecule has 0 fully saturated rings. The van der Waals surface area contributed by atoms with Gasteiger partial charge < -0.3 is 18.6 Å². The molecule has 0 amide bonds. The Balaban J connectivity index is 1.42. The van der Waals surface area contributed by atoms with E-state index in [2.05, 4.69) is 4.99 Å². The number of hydrogen-bond acceptors (Lipinski definition) is 8. The molecule has 0 unspecified atom stereocenters. The molecule has 3 heterocycles. The van der Waals surface area contributed by atoms with Crippen LogP contribution in [0.5, 0.6) is 11.5 Å². The number of fused-ring (bicyclic) bond motifs is 1.